The molecule has 1 saturated carbocycles. The van der Waals surface area contributed by atoms with Gasteiger partial charge in [-0.05, 0) is 24.3 Å². The Morgan fingerprint density at radius 3 is 2.29 bits per heavy atom. The summed E-state index contributed by atoms with van der Waals surface area (Å²) in [5.41, 5.74) is 1.38. The van der Waals surface area contributed by atoms with E-state index in [1.165, 1.54) is 50.5 Å². The predicted octanol–water partition coefficient (Wildman–Crippen LogP) is 5.20. The molecule has 0 saturated heterocycles. The lowest BCUT2D eigenvalue weighted by Gasteiger charge is -2.17. The zero-order chi connectivity index (χ0) is 11.9. The molecule has 0 heterocycles. The van der Waals surface area contributed by atoms with Crippen LogP contribution in [0.4, 0.5) is 0 Å². The highest BCUT2D eigenvalue weighted by atomic mass is 35.5. The Bertz CT molecular complexity index is 299. The maximum atomic E-state index is 6.50. The summed E-state index contributed by atoms with van der Waals surface area (Å²) in [6.07, 6.45) is 10.7. The molecule has 0 nitrogen and oxygen atoms in total. The van der Waals surface area contributed by atoms with Crippen LogP contribution in [0.1, 0.15) is 50.5 Å². The van der Waals surface area contributed by atoms with Crippen molar-refractivity contribution in [3.8, 4) is 0 Å². The fourth-order valence-corrected chi connectivity index (χ4v) is 3.34. The number of hydrogen-bond acceptors (Lipinski definition) is 0. The molecular weight excluding hydrogens is 228 g/mol. The number of rotatable bonds is 4. The van der Waals surface area contributed by atoms with Gasteiger partial charge in [0.15, 0.2) is 0 Å². The summed E-state index contributed by atoms with van der Waals surface area (Å²) in [4.78, 5) is 0. The first-order valence-electron chi connectivity index (χ1n) is 7.02. The van der Waals surface area contributed by atoms with Crippen molar-refractivity contribution in [1.29, 1.82) is 0 Å². The van der Waals surface area contributed by atoms with Crippen LogP contribution in [0.25, 0.3) is 0 Å². The summed E-state index contributed by atoms with van der Waals surface area (Å²) >= 11 is 6.50. The van der Waals surface area contributed by atoms with Crippen LogP contribution in [0.2, 0.25) is 0 Å². The van der Waals surface area contributed by atoms with Crippen molar-refractivity contribution in [1.82, 2.24) is 0 Å². The second-order valence-electron chi connectivity index (χ2n) is 5.38. The van der Waals surface area contributed by atoms with Crippen molar-refractivity contribution in [3.63, 3.8) is 0 Å². The van der Waals surface area contributed by atoms with Crippen molar-refractivity contribution in [2.75, 3.05) is 0 Å². The molecule has 1 atom stereocenters. The number of hydrogen-bond donors (Lipinski definition) is 0. The van der Waals surface area contributed by atoms with Gasteiger partial charge in [-0.3, -0.25) is 0 Å². The van der Waals surface area contributed by atoms with Crippen LogP contribution in [0, 0.1) is 5.92 Å². The van der Waals surface area contributed by atoms with Gasteiger partial charge in [-0.25, -0.2) is 0 Å². The van der Waals surface area contributed by atoms with Gasteiger partial charge >= 0.3 is 0 Å². The molecule has 0 spiro atoms. The van der Waals surface area contributed by atoms with Crippen molar-refractivity contribution in [3.05, 3.63) is 35.9 Å². The third-order valence-electron chi connectivity index (χ3n) is 3.86. The molecule has 1 aromatic rings. The standard InChI is InChI=1S/C16H23Cl/c17-16(13-15-10-6-3-7-11-15)12-14-8-4-1-2-5-9-14/h3,6-7,10-11,14,16H,1-2,4-5,8-9,12-13H2. The third-order valence-corrected chi connectivity index (χ3v) is 4.20. The van der Waals surface area contributed by atoms with E-state index in [0.717, 1.165) is 12.3 Å². The lowest BCUT2D eigenvalue weighted by molar-refractivity contribution is 0.419. The zero-order valence-corrected chi connectivity index (χ0v) is 11.3. The molecule has 94 valence electrons. The van der Waals surface area contributed by atoms with Gasteiger partial charge in [0.2, 0.25) is 0 Å². The summed E-state index contributed by atoms with van der Waals surface area (Å²) in [7, 11) is 0. The Morgan fingerprint density at radius 1 is 1.00 bits per heavy atom. The molecule has 0 bridgehead atoms. The quantitative estimate of drug-likeness (QED) is 0.509. The molecule has 0 aromatic heterocycles. The van der Waals surface area contributed by atoms with E-state index in [0.29, 0.717) is 5.38 Å². The van der Waals surface area contributed by atoms with E-state index >= 15 is 0 Å². The van der Waals surface area contributed by atoms with E-state index in [1.54, 1.807) is 0 Å². The molecule has 1 unspecified atom stereocenters. The second-order valence-corrected chi connectivity index (χ2v) is 6.00. The predicted molar refractivity (Wildman–Crippen MR) is 75.6 cm³/mol. The molecule has 1 heteroatoms. The largest absolute Gasteiger partial charge is 0.123 e. The molecule has 0 radical (unpaired) electrons. The van der Waals surface area contributed by atoms with Gasteiger partial charge in [-0.2, -0.15) is 0 Å². The highest BCUT2D eigenvalue weighted by molar-refractivity contribution is 6.20. The Kier molecular flexibility index (Phi) is 5.38. The van der Waals surface area contributed by atoms with Crippen LogP contribution in [-0.4, -0.2) is 5.38 Å². The van der Waals surface area contributed by atoms with Crippen LogP contribution in [0.5, 0.6) is 0 Å². The minimum absolute atomic E-state index is 0.320. The number of benzene rings is 1. The third kappa shape index (κ3) is 4.71. The number of alkyl halides is 1. The highest BCUT2D eigenvalue weighted by Crippen LogP contribution is 2.28. The SMILES string of the molecule is ClC(Cc1ccccc1)CC1CCCCCC1. The van der Waals surface area contributed by atoms with E-state index in [9.17, 15) is 0 Å². The van der Waals surface area contributed by atoms with Gasteiger partial charge in [-0.15, -0.1) is 11.6 Å². The summed E-state index contributed by atoms with van der Waals surface area (Å²) in [5.74, 6) is 0.878. The van der Waals surface area contributed by atoms with Gasteiger partial charge in [0, 0.05) is 5.38 Å². The molecule has 1 aliphatic carbocycles. The van der Waals surface area contributed by atoms with Crippen molar-refractivity contribution in [2.24, 2.45) is 5.92 Å². The first-order chi connectivity index (χ1) is 8.34. The van der Waals surface area contributed by atoms with E-state index in [2.05, 4.69) is 30.3 Å². The lowest BCUT2D eigenvalue weighted by atomic mass is 9.93. The van der Waals surface area contributed by atoms with Gasteiger partial charge in [-0.1, -0.05) is 68.9 Å². The lowest BCUT2D eigenvalue weighted by Crippen LogP contribution is -2.11. The van der Waals surface area contributed by atoms with Crippen molar-refractivity contribution >= 4 is 11.6 Å². The van der Waals surface area contributed by atoms with Crippen LogP contribution >= 0.6 is 11.6 Å². The first-order valence-corrected chi connectivity index (χ1v) is 7.46. The summed E-state index contributed by atoms with van der Waals surface area (Å²) in [6, 6.07) is 10.6. The molecule has 2 rings (SSSR count). The summed E-state index contributed by atoms with van der Waals surface area (Å²) in [5, 5.41) is 0.320. The molecule has 1 aliphatic rings. The molecule has 1 fully saturated rings. The Morgan fingerprint density at radius 2 is 1.65 bits per heavy atom. The first kappa shape index (κ1) is 13.0. The topological polar surface area (TPSA) is 0 Å². The average Bonchev–Trinajstić information content (AvgIpc) is 2.59. The fourth-order valence-electron chi connectivity index (χ4n) is 2.91. The van der Waals surface area contributed by atoms with Crippen LogP contribution < -0.4 is 0 Å². The molecule has 0 N–H and O–H groups in total. The van der Waals surface area contributed by atoms with E-state index in [4.69, 9.17) is 11.6 Å². The minimum atomic E-state index is 0.320. The smallest absolute Gasteiger partial charge is 0.0379 e. The molecule has 1 aromatic carbocycles. The summed E-state index contributed by atoms with van der Waals surface area (Å²) < 4.78 is 0. The Labute approximate surface area is 110 Å². The zero-order valence-electron chi connectivity index (χ0n) is 10.6. The van der Waals surface area contributed by atoms with Crippen molar-refractivity contribution < 1.29 is 0 Å². The van der Waals surface area contributed by atoms with Crippen LogP contribution in [-0.2, 0) is 6.42 Å². The average molecular weight is 251 g/mol. The van der Waals surface area contributed by atoms with Gasteiger partial charge in [0.25, 0.3) is 0 Å². The molecular formula is C16H23Cl. The van der Waals surface area contributed by atoms with E-state index in [-0.39, 0.29) is 0 Å². The molecule has 0 aliphatic heterocycles. The van der Waals surface area contributed by atoms with Crippen molar-refractivity contribution in [2.45, 2.75) is 56.7 Å². The van der Waals surface area contributed by atoms with Gasteiger partial charge < -0.3 is 0 Å². The van der Waals surface area contributed by atoms with E-state index < -0.39 is 0 Å². The Balaban J connectivity index is 1.78. The van der Waals surface area contributed by atoms with E-state index in [1.807, 2.05) is 0 Å². The van der Waals surface area contributed by atoms with Gasteiger partial charge in [0.05, 0.1) is 0 Å². The maximum Gasteiger partial charge on any atom is 0.0379 e. The molecule has 17 heavy (non-hydrogen) atoms. The van der Waals surface area contributed by atoms with Crippen LogP contribution in [0.15, 0.2) is 30.3 Å². The fraction of sp³-hybridized carbons (Fsp3) is 0.625. The second kappa shape index (κ2) is 7.06. The highest BCUT2D eigenvalue weighted by Gasteiger charge is 2.16. The molecule has 0 amide bonds. The monoisotopic (exact) mass is 250 g/mol. The minimum Gasteiger partial charge on any atom is -0.123 e. The maximum absolute atomic E-state index is 6.50. The normalized spacial score (nSPS) is 19.8. The summed E-state index contributed by atoms with van der Waals surface area (Å²) in [6.45, 7) is 0. The van der Waals surface area contributed by atoms with Gasteiger partial charge in [0.1, 0.15) is 0 Å². The Hall–Kier alpha value is -0.490. The number of halogens is 1. The van der Waals surface area contributed by atoms with Crippen LogP contribution in [0.3, 0.4) is 0 Å².